The lowest BCUT2D eigenvalue weighted by molar-refractivity contribution is -0.124. The highest BCUT2D eigenvalue weighted by atomic mass is 16.6. The average molecular weight is 447 g/mol. The van der Waals surface area contributed by atoms with Gasteiger partial charge in [-0.2, -0.15) is 0 Å². The van der Waals surface area contributed by atoms with E-state index in [9.17, 15) is 9.59 Å². The fraction of sp³-hybridized carbons (Fsp3) is 0.231. The molecule has 1 heterocycles. The van der Waals surface area contributed by atoms with Gasteiger partial charge < -0.3 is 24.3 Å². The first-order chi connectivity index (χ1) is 16.1. The quantitative estimate of drug-likeness (QED) is 0.524. The highest BCUT2D eigenvalue weighted by molar-refractivity contribution is 5.91. The van der Waals surface area contributed by atoms with Gasteiger partial charge in [-0.3, -0.25) is 4.79 Å². The number of rotatable bonds is 8. The van der Waals surface area contributed by atoms with Gasteiger partial charge in [0.05, 0.1) is 11.6 Å². The fourth-order valence-corrected chi connectivity index (χ4v) is 3.34. The minimum Gasteiger partial charge on any atom is -0.489 e. The molecule has 0 aliphatic carbocycles. The van der Waals surface area contributed by atoms with Crippen LogP contribution in [0.2, 0.25) is 0 Å². The van der Waals surface area contributed by atoms with Crippen molar-refractivity contribution in [3.8, 4) is 17.2 Å². The van der Waals surface area contributed by atoms with Crippen LogP contribution in [0.5, 0.6) is 17.2 Å². The molecule has 0 aromatic heterocycles. The van der Waals surface area contributed by atoms with Crippen LogP contribution in [0.25, 0.3) is 0 Å². The summed E-state index contributed by atoms with van der Waals surface area (Å²) in [5.74, 6) is 1.01. The van der Waals surface area contributed by atoms with Gasteiger partial charge in [0.25, 0.3) is 5.91 Å². The Balaban J connectivity index is 1.23. The molecular weight excluding hydrogens is 422 g/mol. The number of ether oxygens (including phenoxy) is 4. The number of carbonyl (C=O) groups is 2. The summed E-state index contributed by atoms with van der Waals surface area (Å²) < 4.78 is 21.9. The van der Waals surface area contributed by atoms with E-state index in [1.807, 2.05) is 55.5 Å². The number of fused-ring (bicyclic) bond motifs is 1. The molecule has 170 valence electrons. The number of hydrogen-bond acceptors (Lipinski definition) is 6. The first kappa shape index (κ1) is 22.2. The highest BCUT2D eigenvalue weighted by Crippen LogP contribution is 2.32. The van der Waals surface area contributed by atoms with Crippen molar-refractivity contribution in [2.24, 2.45) is 0 Å². The van der Waals surface area contributed by atoms with E-state index in [1.165, 1.54) is 0 Å². The van der Waals surface area contributed by atoms with Gasteiger partial charge in [0.15, 0.2) is 18.1 Å². The van der Waals surface area contributed by atoms with Crippen LogP contribution in [-0.2, 0) is 16.1 Å². The van der Waals surface area contributed by atoms with Gasteiger partial charge in [0.2, 0.25) is 0 Å². The van der Waals surface area contributed by atoms with Crippen molar-refractivity contribution in [1.29, 1.82) is 0 Å². The van der Waals surface area contributed by atoms with Crippen LogP contribution in [0.3, 0.4) is 0 Å². The van der Waals surface area contributed by atoms with E-state index < -0.39 is 11.9 Å². The fourth-order valence-electron chi connectivity index (χ4n) is 3.34. The molecule has 33 heavy (non-hydrogen) atoms. The predicted molar refractivity (Wildman–Crippen MR) is 121 cm³/mol. The summed E-state index contributed by atoms with van der Waals surface area (Å²) in [5, 5.41) is 2.82. The average Bonchev–Trinajstić information content (AvgIpc) is 2.86. The standard InChI is InChI=1S/C26H25NO6/c1-18(21-9-12-23-24(15-21)31-14-13-30-23)27-25(28)17-33-26(29)20-7-10-22(11-8-20)32-16-19-5-3-2-4-6-19/h2-12,15,18H,13-14,16-17H2,1H3,(H,27,28). The first-order valence-electron chi connectivity index (χ1n) is 10.7. The van der Waals surface area contributed by atoms with E-state index in [4.69, 9.17) is 18.9 Å². The molecule has 3 aromatic rings. The first-order valence-corrected chi connectivity index (χ1v) is 10.7. The Labute approximate surface area is 192 Å². The lowest BCUT2D eigenvalue weighted by atomic mass is 10.1. The molecule has 1 N–H and O–H groups in total. The maximum atomic E-state index is 12.3. The van der Waals surface area contributed by atoms with Crippen LogP contribution in [0.1, 0.15) is 34.5 Å². The molecule has 0 saturated heterocycles. The molecule has 1 aliphatic heterocycles. The Bertz CT molecular complexity index is 1100. The van der Waals surface area contributed by atoms with E-state index in [2.05, 4.69) is 5.32 Å². The summed E-state index contributed by atoms with van der Waals surface area (Å²) in [5.41, 5.74) is 2.26. The summed E-state index contributed by atoms with van der Waals surface area (Å²) >= 11 is 0. The monoisotopic (exact) mass is 447 g/mol. The second kappa shape index (κ2) is 10.5. The maximum absolute atomic E-state index is 12.3. The number of carbonyl (C=O) groups excluding carboxylic acids is 2. The van der Waals surface area contributed by atoms with Crippen molar-refractivity contribution >= 4 is 11.9 Å². The Kier molecular flexibility index (Phi) is 7.09. The molecule has 7 nitrogen and oxygen atoms in total. The van der Waals surface area contributed by atoms with Gasteiger partial charge in [0.1, 0.15) is 25.6 Å². The molecule has 0 spiro atoms. The summed E-state index contributed by atoms with van der Waals surface area (Å²) in [6.45, 7) is 2.92. The second-order valence-corrected chi connectivity index (χ2v) is 7.57. The van der Waals surface area contributed by atoms with E-state index in [0.29, 0.717) is 42.6 Å². The molecule has 4 rings (SSSR count). The van der Waals surface area contributed by atoms with Crippen LogP contribution < -0.4 is 19.5 Å². The zero-order valence-corrected chi connectivity index (χ0v) is 18.3. The summed E-state index contributed by atoms with van der Waals surface area (Å²) in [6.07, 6.45) is 0. The molecule has 1 unspecified atom stereocenters. The maximum Gasteiger partial charge on any atom is 0.338 e. The third-order valence-corrected chi connectivity index (χ3v) is 5.12. The molecule has 0 radical (unpaired) electrons. The largest absolute Gasteiger partial charge is 0.489 e. The topological polar surface area (TPSA) is 83.1 Å². The van der Waals surface area contributed by atoms with E-state index >= 15 is 0 Å². The van der Waals surface area contributed by atoms with Gasteiger partial charge in [0, 0.05) is 0 Å². The van der Waals surface area contributed by atoms with Crippen molar-refractivity contribution in [2.45, 2.75) is 19.6 Å². The smallest absolute Gasteiger partial charge is 0.338 e. The van der Waals surface area contributed by atoms with Crippen LogP contribution >= 0.6 is 0 Å². The zero-order chi connectivity index (χ0) is 23.0. The van der Waals surface area contributed by atoms with Gasteiger partial charge in [-0.25, -0.2) is 4.79 Å². The Morgan fingerprint density at radius 2 is 1.67 bits per heavy atom. The SMILES string of the molecule is CC(NC(=O)COC(=O)c1ccc(OCc2ccccc2)cc1)c1ccc2c(c1)OCCO2. The molecule has 1 aliphatic rings. The molecule has 3 aromatic carbocycles. The summed E-state index contributed by atoms with van der Waals surface area (Å²) in [4.78, 5) is 24.5. The molecule has 1 atom stereocenters. The molecular formula is C26H25NO6. The Morgan fingerprint density at radius 1 is 0.939 bits per heavy atom. The third kappa shape index (κ3) is 6.04. The predicted octanol–water partition coefficient (Wildman–Crippen LogP) is 4.07. The highest BCUT2D eigenvalue weighted by Gasteiger charge is 2.17. The van der Waals surface area contributed by atoms with E-state index in [-0.39, 0.29) is 12.6 Å². The van der Waals surface area contributed by atoms with Gasteiger partial charge in [-0.1, -0.05) is 36.4 Å². The number of amides is 1. The van der Waals surface area contributed by atoms with Crippen molar-refractivity contribution < 1.29 is 28.5 Å². The van der Waals surface area contributed by atoms with E-state index in [1.54, 1.807) is 24.3 Å². The minimum atomic E-state index is -0.577. The van der Waals surface area contributed by atoms with Crippen LogP contribution in [-0.4, -0.2) is 31.7 Å². The van der Waals surface area contributed by atoms with Crippen molar-refractivity contribution in [3.05, 3.63) is 89.5 Å². The molecule has 1 amide bonds. The number of nitrogens with one attached hydrogen (secondary N) is 1. The second-order valence-electron chi connectivity index (χ2n) is 7.57. The van der Waals surface area contributed by atoms with E-state index in [0.717, 1.165) is 11.1 Å². The lowest BCUT2D eigenvalue weighted by Crippen LogP contribution is -2.31. The third-order valence-electron chi connectivity index (χ3n) is 5.12. The normalized spacial score (nSPS) is 13.0. The number of hydrogen-bond donors (Lipinski definition) is 1. The zero-order valence-electron chi connectivity index (χ0n) is 18.3. The van der Waals surface area contributed by atoms with Crippen LogP contribution in [0.15, 0.2) is 72.8 Å². The number of benzene rings is 3. The lowest BCUT2D eigenvalue weighted by Gasteiger charge is -2.21. The van der Waals surface area contributed by atoms with Crippen LogP contribution in [0.4, 0.5) is 0 Å². The number of esters is 1. The van der Waals surface area contributed by atoms with Crippen molar-refractivity contribution in [3.63, 3.8) is 0 Å². The van der Waals surface area contributed by atoms with Crippen LogP contribution in [0, 0.1) is 0 Å². The summed E-state index contributed by atoms with van der Waals surface area (Å²) in [6, 6.07) is 21.7. The molecule has 7 heteroatoms. The van der Waals surface area contributed by atoms with Crippen molar-refractivity contribution in [2.75, 3.05) is 19.8 Å². The minimum absolute atomic E-state index is 0.284. The molecule has 0 fully saturated rings. The van der Waals surface area contributed by atoms with Gasteiger partial charge in [-0.15, -0.1) is 0 Å². The Morgan fingerprint density at radius 3 is 2.42 bits per heavy atom. The van der Waals surface area contributed by atoms with Crippen molar-refractivity contribution in [1.82, 2.24) is 5.32 Å². The molecule has 0 saturated carbocycles. The molecule has 0 bridgehead atoms. The summed E-state index contributed by atoms with van der Waals surface area (Å²) in [7, 11) is 0. The van der Waals surface area contributed by atoms with Gasteiger partial charge in [-0.05, 0) is 54.4 Å². The van der Waals surface area contributed by atoms with Gasteiger partial charge >= 0.3 is 5.97 Å². The Hall–Kier alpha value is -4.00.